The number of morpholine rings is 1. The fourth-order valence-electron chi connectivity index (χ4n) is 4.30. The molecule has 0 unspecified atom stereocenters. The molecule has 0 amide bonds. The molecule has 4 aromatic rings. The van der Waals surface area contributed by atoms with Gasteiger partial charge in [-0.05, 0) is 43.3 Å². The summed E-state index contributed by atoms with van der Waals surface area (Å²) in [7, 11) is 0. The quantitative estimate of drug-likeness (QED) is 0.202. The van der Waals surface area contributed by atoms with Gasteiger partial charge in [0.25, 0.3) is 0 Å². The van der Waals surface area contributed by atoms with Gasteiger partial charge < -0.3 is 10.1 Å². The highest BCUT2D eigenvalue weighted by molar-refractivity contribution is 6.31. The van der Waals surface area contributed by atoms with Crippen LogP contribution < -0.4 is 9.83 Å². The Kier molecular flexibility index (Phi) is 7.27. The van der Waals surface area contributed by atoms with E-state index in [0.29, 0.717) is 40.5 Å². The summed E-state index contributed by atoms with van der Waals surface area (Å²) < 4.78 is 60.6. The van der Waals surface area contributed by atoms with E-state index in [1.165, 1.54) is 28.8 Å². The minimum atomic E-state index is -4.51. The van der Waals surface area contributed by atoms with E-state index in [1.54, 1.807) is 12.3 Å². The Hall–Kier alpha value is -3.28. The van der Waals surface area contributed by atoms with Crippen LogP contribution in [-0.4, -0.2) is 59.4 Å². The number of fused-ring (bicyclic) bond motifs is 1. The standard InChI is InChI=1S/C25H23ClF4N6O/c26-18-14-16(2-4-19(18)27)23-22(21-5-3-17(25(28,29)30)15-36(21)34-23)20-6-8-32-24(33-20)31-7-1-9-35-10-12-37-13-11-35/h2-6,8,14-15H,1,7,9-13H2,(H,31,32,33)/p+1. The first-order chi connectivity index (χ1) is 17.8. The molecule has 12 heteroatoms. The number of pyridine rings is 1. The lowest BCUT2D eigenvalue weighted by Crippen LogP contribution is -2.37. The van der Waals surface area contributed by atoms with Crippen molar-refractivity contribution in [1.82, 2.24) is 20.0 Å². The predicted octanol–water partition coefficient (Wildman–Crippen LogP) is 4.82. The smallest absolute Gasteiger partial charge is 0.379 e. The van der Waals surface area contributed by atoms with E-state index in [9.17, 15) is 17.6 Å². The van der Waals surface area contributed by atoms with Gasteiger partial charge in [0.1, 0.15) is 22.6 Å². The molecule has 0 aliphatic carbocycles. The van der Waals surface area contributed by atoms with Crippen LogP contribution in [0.3, 0.4) is 0 Å². The monoisotopic (exact) mass is 535 g/mol. The number of halogens is 5. The molecule has 194 valence electrons. The molecule has 3 aromatic heterocycles. The average Bonchev–Trinajstić information content (AvgIpc) is 3.27. The van der Waals surface area contributed by atoms with Crippen molar-refractivity contribution in [3.63, 3.8) is 0 Å². The second-order valence-corrected chi connectivity index (χ2v) is 9.07. The molecule has 1 saturated heterocycles. The van der Waals surface area contributed by atoms with Crippen LogP contribution in [0, 0.1) is 5.82 Å². The Morgan fingerprint density at radius 3 is 2.70 bits per heavy atom. The Bertz CT molecular complexity index is 1400. The highest BCUT2D eigenvalue weighted by Gasteiger charge is 2.35. The first-order valence-electron chi connectivity index (χ1n) is 11.8. The van der Waals surface area contributed by atoms with Crippen LogP contribution in [0.5, 0.6) is 0 Å². The van der Waals surface area contributed by atoms with Crippen LogP contribution in [0.2, 0.25) is 5.02 Å². The van der Waals surface area contributed by atoms with Crippen molar-refractivity contribution >= 4 is 23.1 Å². The number of hydrogen-bond donors (Lipinski definition) is 2. The molecule has 1 aliphatic heterocycles. The second-order valence-electron chi connectivity index (χ2n) is 8.66. The van der Waals surface area contributed by atoms with E-state index in [1.807, 2.05) is 0 Å². The maximum atomic E-state index is 13.8. The number of aromatic amines is 1. The fraction of sp³-hybridized carbons (Fsp3) is 0.320. The first-order valence-corrected chi connectivity index (χ1v) is 12.1. The topological polar surface area (TPSA) is 70.2 Å². The zero-order chi connectivity index (χ0) is 26.0. The number of anilines is 1. The Labute approximate surface area is 215 Å². The SMILES string of the molecule is Fc1ccc(-c2[nH][n+]3cc(C(F)(F)F)ccc3c2-c2ccnc(NCCCN3CCOCC3)n2)cc1Cl. The minimum Gasteiger partial charge on any atom is -0.379 e. The van der Waals surface area contributed by atoms with Gasteiger partial charge in [0.05, 0.1) is 23.9 Å². The fourth-order valence-corrected chi connectivity index (χ4v) is 4.48. The molecule has 0 radical (unpaired) electrons. The molecule has 1 aliphatic rings. The summed E-state index contributed by atoms with van der Waals surface area (Å²) in [5.74, 6) is -0.200. The van der Waals surface area contributed by atoms with Crippen LogP contribution in [0.4, 0.5) is 23.5 Å². The third kappa shape index (κ3) is 5.68. The largest absolute Gasteiger partial charge is 0.422 e. The Morgan fingerprint density at radius 1 is 1.14 bits per heavy atom. The third-order valence-electron chi connectivity index (χ3n) is 6.17. The maximum Gasteiger partial charge on any atom is 0.422 e. The number of H-pyrrole nitrogens is 1. The molecule has 1 aromatic carbocycles. The lowest BCUT2D eigenvalue weighted by atomic mass is 10.0. The van der Waals surface area contributed by atoms with Crippen molar-refractivity contribution in [2.24, 2.45) is 0 Å². The summed E-state index contributed by atoms with van der Waals surface area (Å²) in [6.45, 7) is 4.89. The van der Waals surface area contributed by atoms with Gasteiger partial charge >= 0.3 is 6.18 Å². The van der Waals surface area contributed by atoms with E-state index in [-0.39, 0.29) is 5.02 Å². The van der Waals surface area contributed by atoms with E-state index in [2.05, 4.69) is 25.3 Å². The van der Waals surface area contributed by atoms with Crippen LogP contribution in [0.1, 0.15) is 12.0 Å². The van der Waals surface area contributed by atoms with Gasteiger partial charge in [-0.15, -0.1) is 0 Å². The van der Waals surface area contributed by atoms with Crippen LogP contribution >= 0.6 is 11.6 Å². The molecule has 0 saturated carbocycles. The number of ether oxygens (including phenoxy) is 1. The first kappa shape index (κ1) is 25.4. The number of rotatable bonds is 7. The number of aromatic nitrogens is 4. The number of nitrogens with one attached hydrogen (secondary N) is 2. The molecule has 37 heavy (non-hydrogen) atoms. The van der Waals surface area contributed by atoms with Gasteiger partial charge in [0.15, 0.2) is 0 Å². The molecule has 1 fully saturated rings. The number of benzene rings is 1. The summed E-state index contributed by atoms with van der Waals surface area (Å²) >= 11 is 6.01. The molecule has 2 N–H and O–H groups in total. The molecular formula is C25H24ClF4N6O+. The summed E-state index contributed by atoms with van der Waals surface area (Å²) in [4.78, 5) is 11.3. The van der Waals surface area contributed by atoms with Gasteiger partial charge in [-0.25, -0.2) is 14.4 Å². The Morgan fingerprint density at radius 2 is 1.95 bits per heavy atom. The van der Waals surface area contributed by atoms with Gasteiger partial charge in [-0.2, -0.15) is 18.3 Å². The van der Waals surface area contributed by atoms with Gasteiger partial charge in [0.2, 0.25) is 17.7 Å². The number of alkyl halides is 3. The van der Waals surface area contributed by atoms with Crippen molar-refractivity contribution in [1.29, 1.82) is 0 Å². The summed E-state index contributed by atoms with van der Waals surface area (Å²) in [5, 5.41) is 6.10. The Balaban J connectivity index is 1.47. The van der Waals surface area contributed by atoms with Crippen molar-refractivity contribution < 1.29 is 26.8 Å². The second kappa shape index (κ2) is 10.6. The molecule has 4 heterocycles. The molecule has 5 rings (SSSR count). The van der Waals surface area contributed by atoms with Crippen LogP contribution in [0.15, 0.2) is 48.8 Å². The van der Waals surface area contributed by atoms with Crippen LogP contribution in [0.25, 0.3) is 28.0 Å². The summed E-state index contributed by atoms with van der Waals surface area (Å²) in [5.41, 5.74) is 1.61. The number of hydrogen-bond acceptors (Lipinski definition) is 5. The lowest BCUT2D eigenvalue weighted by Gasteiger charge is -2.26. The van der Waals surface area contributed by atoms with Crippen molar-refractivity contribution in [3.05, 3.63) is 65.2 Å². The van der Waals surface area contributed by atoms with Gasteiger partial charge in [-0.3, -0.25) is 4.90 Å². The van der Waals surface area contributed by atoms with Crippen molar-refractivity contribution in [2.45, 2.75) is 12.6 Å². The molecule has 0 bridgehead atoms. The zero-order valence-corrected chi connectivity index (χ0v) is 20.4. The molecule has 7 nitrogen and oxygen atoms in total. The van der Waals surface area contributed by atoms with Crippen molar-refractivity contribution in [3.8, 4) is 22.5 Å². The van der Waals surface area contributed by atoms with E-state index >= 15 is 0 Å². The lowest BCUT2D eigenvalue weighted by molar-refractivity contribution is -0.577. The van der Waals surface area contributed by atoms with E-state index < -0.39 is 17.6 Å². The van der Waals surface area contributed by atoms with Crippen LogP contribution in [-0.2, 0) is 10.9 Å². The molecule has 0 spiro atoms. The van der Waals surface area contributed by atoms with E-state index in [0.717, 1.165) is 51.5 Å². The van der Waals surface area contributed by atoms with E-state index in [4.69, 9.17) is 16.3 Å². The zero-order valence-electron chi connectivity index (χ0n) is 19.7. The highest BCUT2D eigenvalue weighted by atomic mass is 35.5. The summed E-state index contributed by atoms with van der Waals surface area (Å²) in [6.07, 6.45) is -1.07. The molecular weight excluding hydrogens is 512 g/mol. The van der Waals surface area contributed by atoms with Gasteiger partial charge in [0, 0.05) is 37.5 Å². The number of nitrogens with zero attached hydrogens (tertiary/aromatic N) is 4. The predicted molar refractivity (Wildman–Crippen MR) is 131 cm³/mol. The summed E-state index contributed by atoms with van der Waals surface area (Å²) in [6, 6.07) is 8.20. The normalized spacial score (nSPS) is 14.8. The highest BCUT2D eigenvalue weighted by Crippen LogP contribution is 2.35. The molecule has 0 atom stereocenters. The van der Waals surface area contributed by atoms with Crippen molar-refractivity contribution in [2.75, 3.05) is 44.7 Å². The maximum absolute atomic E-state index is 13.8. The van der Waals surface area contributed by atoms with Gasteiger partial charge in [-0.1, -0.05) is 16.1 Å². The minimum absolute atomic E-state index is 0.103. The third-order valence-corrected chi connectivity index (χ3v) is 6.46. The average molecular weight is 536 g/mol.